The van der Waals surface area contributed by atoms with Gasteiger partial charge in [0.1, 0.15) is 11.7 Å². The number of nitro benzene ring substituents is 1. The second-order valence-electron chi connectivity index (χ2n) is 5.52. The van der Waals surface area contributed by atoms with Crippen LogP contribution in [0.15, 0.2) is 57.7 Å². The SMILES string of the molecule is C[C@H](OC(=O)c1cc(=O)c2cc(Cl)ccc2o1)c1cccc([N+](=O)[O-])c1. The van der Waals surface area contributed by atoms with Crippen LogP contribution >= 0.6 is 11.6 Å². The molecule has 0 unspecified atom stereocenters. The Labute approximate surface area is 151 Å². The fraction of sp³-hybridized carbons (Fsp3) is 0.111. The van der Waals surface area contributed by atoms with Gasteiger partial charge in [-0.15, -0.1) is 0 Å². The first-order chi connectivity index (χ1) is 12.3. The van der Waals surface area contributed by atoms with Crippen LogP contribution < -0.4 is 5.43 Å². The zero-order valence-corrected chi connectivity index (χ0v) is 14.2. The van der Waals surface area contributed by atoms with Gasteiger partial charge in [-0.25, -0.2) is 4.79 Å². The van der Waals surface area contributed by atoms with E-state index < -0.39 is 22.4 Å². The van der Waals surface area contributed by atoms with E-state index in [4.69, 9.17) is 20.8 Å². The van der Waals surface area contributed by atoms with Crippen LogP contribution in [0.4, 0.5) is 5.69 Å². The normalized spacial score (nSPS) is 11.9. The second kappa shape index (κ2) is 6.97. The molecule has 0 aliphatic heterocycles. The Balaban J connectivity index is 1.87. The maximum absolute atomic E-state index is 12.3. The molecule has 1 heterocycles. The third-order valence-electron chi connectivity index (χ3n) is 3.72. The average Bonchev–Trinajstić information content (AvgIpc) is 2.62. The molecule has 0 aliphatic rings. The molecule has 0 bridgehead atoms. The predicted octanol–water partition coefficient (Wildman–Crippen LogP) is 4.27. The molecule has 0 N–H and O–H groups in total. The Bertz CT molecular complexity index is 1070. The van der Waals surface area contributed by atoms with E-state index in [0.717, 1.165) is 6.07 Å². The number of esters is 1. The van der Waals surface area contributed by atoms with E-state index in [1.807, 2.05) is 0 Å². The van der Waals surface area contributed by atoms with Gasteiger partial charge in [0.2, 0.25) is 5.76 Å². The van der Waals surface area contributed by atoms with Crippen LogP contribution in [-0.2, 0) is 4.74 Å². The third kappa shape index (κ3) is 3.57. The highest BCUT2D eigenvalue weighted by Gasteiger charge is 2.19. The van der Waals surface area contributed by atoms with Crippen molar-refractivity contribution < 1.29 is 18.9 Å². The lowest BCUT2D eigenvalue weighted by Gasteiger charge is -2.13. The Morgan fingerprint density at radius 2 is 2.00 bits per heavy atom. The number of benzene rings is 2. The van der Waals surface area contributed by atoms with Gasteiger partial charge in [-0.05, 0) is 30.7 Å². The molecule has 0 saturated heterocycles. The van der Waals surface area contributed by atoms with Gasteiger partial charge < -0.3 is 9.15 Å². The Hall–Kier alpha value is -3.19. The number of hydrogen-bond donors (Lipinski definition) is 0. The van der Waals surface area contributed by atoms with E-state index in [1.165, 1.54) is 36.4 Å². The van der Waals surface area contributed by atoms with Gasteiger partial charge in [-0.2, -0.15) is 0 Å². The summed E-state index contributed by atoms with van der Waals surface area (Å²) in [6, 6.07) is 11.3. The minimum Gasteiger partial charge on any atom is -0.452 e. The molecule has 26 heavy (non-hydrogen) atoms. The minimum absolute atomic E-state index is 0.112. The van der Waals surface area contributed by atoms with E-state index in [9.17, 15) is 19.7 Å². The minimum atomic E-state index is -0.849. The van der Waals surface area contributed by atoms with Crippen molar-refractivity contribution in [3.8, 4) is 0 Å². The Morgan fingerprint density at radius 3 is 2.73 bits per heavy atom. The van der Waals surface area contributed by atoms with Gasteiger partial charge in [0.25, 0.3) is 5.69 Å². The van der Waals surface area contributed by atoms with E-state index in [1.54, 1.807) is 13.0 Å². The first-order valence-electron chi connectivity index (χ1n) is 7.54. The standard InChI is InChI=1S/C18H12ClNO6/c1-10(11-3-2-4-13(7-11)20(23)24)25-18(22)17-9-15(21)14-8-12(19)5-6-16(14)26-17/h2-10H,1H3/t10-/m0/s1. The smallest absolute Gasteiger partial charge is 0.374 e. The number of ether oxygens (including phenoxy) is 1. The molecule has 0 amide bonds. The summed E-state index contributed by atoms with van der Waals surface area (Å²) in [5.74, 6) is -1.11. The second-order valence-corrected chi connectivity index (χ2v) is 5.95. The summed E-state index contributed by atoms with van der Waals surface area (Å²) in [5, 5.41) is 11.5. The number of hydrogen-bond acceptors (Lipinski definition) is 6. The van der Waals surface area contributed by atoms with Crippen LogP contribution in [0.25, 0.3) is 11.0 Å². The molecular weight excluding hydrogens is 362 g/mol. The number of nitrogens with zero attached hydrogens (tertiary/aromatic N) is 1. The zero-order valence-electron chi connectivity index (χ0n) is 13.5. The molecule has 1 aromatic heterocycles. The number of rotatable bonds is 4. The molecule has 8 heteroatoms. The quantitative estimate of drug-likeness (QED) is 0.384. The highest BCUT2D eigenvalue weighted by molar-refractivity contribution is 6.31. The van der Waals surface area contributed by atoms with E-state index in [2.05, 4.69) is 0 Å². The summed E-state index contributed by atoms with van der Waals surface area (Å²) in [6.45, 7) is 1.57. The van der Waals surface area contributed by atoms with E-state index >= 15 is 0 Å². The summed E-state index contributed by atoms with van der Waals surface area (Å²) < 4.78 is 10.7. The Morgan fingerprint density at radius 1 is 1.23 bits per heavy atom. The van der Waals surface area contributed by atoms with Crippen molar-refractivity contribution in [1.29, 1.82) is 0 Å². The first-order valence-corrected chi connectivity index (χ1v) is 7.91. The molecule has 0 radical (unpaired) electrons. The van der Waals surface area contributed by atoms with Gasteiger partial charge >= 0.3 is 5.97 Å². The fourth-order valence-corrected chi connectivity index (χ4v) is 2.58. The molecule has 2 aromatic carbocycles. The first kappa shape index (κ1) is 17.6. The van der Waals surface area contributed by atoms with Crippen LogP contribution in [0.2, 0.25) is 5.02 Å². The van der Waals surface area contributed by atoms with Crippen molar-refractivity contribution in [3.63, 3.8) is 0 Å². The lowest BCUT2D eigenvalue weighted by Crippen LogP contribution is -2.12. The van der Waals surface area contributed by atoms with Crippen molar-refractivity contribution in [3.05, 3.63) is 85.2 Å². The molecule has 7 nitrogen and oxygen atoms in total. The van der Waals surface area contributed by atoms with Gasteiger partial charge in [0.05, 0.1) is 10.3 Å². The van der Waals surface area contributed by atoms with Crippen molar-refractivity contribution in [1.82, 2.24) is 0 Å². The summed E-state index contributed by atoms with van der Waals surface area (Å²) in [6.07, 6.45) is -0.770. The molecule has 0 aliphatic carbocycles. The maximum Gasteiger partial charge on any atom is 0.374 e. The van der Waals surface area contributed by atoms with E-state index in [0.29, 0.717) is 10.6 Å². The number of non-ortho nitro benzene ring substituents is 1. The number of halogens is 1. The van der Waals surface area contributed by atoms with Crippen molar-refractivity contribution in [2.45, 2.75) is 13.0 Å². The van der Waals surface area contributed by atoms with Gasteiger partial charge in [0.15, 0.2) is 5.43 Å². The topological polar surface area (TPSA) is 99.7 Å². The predicted molar refractivity (Wildman–Crippen MR) is 94.4 cm³/mol. The third-order valence-corrected chi connectivity index (χ3v) is 3.96. The number of nitro groups is 1. The number of carbonyl (C=O) groups is 1. The summed E-state index contributed by atoms with van der Waals surface area (Å²) in [7, 11) is 0. The molecule has 3 rings (SSSR count). The maximum atomic E-state index is 12.3. The highest BCUT2D eigenvalue weighted by atomic mass is 35.5. The zero-order chi connectivity index (χ0) is 18.8. The summed E-state index contributed by atoms with van der Waals surface area (Å²) >= 11 is 5.84. The molecule has 0 fully saturated rings. The van der Waals surface area contributed by atoms with Gasteiger partial charge in [0, 0.05) is 23.2 Å². The number of fused-ring (bicyclic) bond motifs is 1. The van der Waals surface area contributed by atoms with Crippen LogP contribution in [0, 0.1) is 10.1 Å². The van der Waals surface area contributed by atoms with Crippen LogP contribution in [0.1, 0.15) is 29.1 Å². The fourth-order valence-electron chi connectivity index (χ4n) is 2.41. The lowest BCUT2D eigenvalue weighted by molar-refractivity contribution is -0.385. The number of carbonyl (C=O) groups excluding carboxylic acids is 1. The molecule has 0 saturated carbocycles. The lowest BCUT2D eigenvalue weighted by atomic mass is 10.1. The summed E-state index contributed by atoms with van der Waals surface area (Å²) in [5.41, 5.74) is 0.113. The van der Waals surface area contributed by atoms with Gasteiger partial charge in [-0.3, -0.25) is 14.9 Å². The van der Waals surface area contributed by atoms with Crippen LogP contribution in [0.3, 0.4) is 0 Å². The van der Waals surface area contributed by atoms with Crippen molar-refractivity contribution in [2.75, 3.05) is 0 Å². The average molecular weight is 374 g/mol. The molecule has 132 valence electrons. The van der Waals surface area contributed by atoms with E-state index in [-0.39, 0.29) is 22.4 Å². The van der Waals surface area contributed by atoms with Crippen LogP contribution in [0.5, 0.6) is 0 Å². The molecule has 0 spiro atoms. The molecular formula is C18H12ClNO6. The Kier molecular flexibility index (Phi) is 4.73. The van der Waals surface area contributed by atoms with Gasteiger partial charge in [-0.1, -0.05) is 23.7 Å². The molecule has 1 atom stereocenters. The van der Waals surface area contributed by atoms with Crippen molar-refractivity contribution >= 4 is 34.2 Å². The summed E-state index contributed by atoms with van der Waals surface area (Å²) in [4.78, 5) is 34.7. The molecule has 3 aromatic rings. The van der Waals surface area contributed by atoms with Crippen molar-refractivity contribution in [2.24, 2.45) is 0 Å². The highest BCUT2D eigenvalue weighted by Crippen LogP contribution is 2.23. The largest absolute Gasteiger partial charge is 0.452 e. The monoisotopic (exact) mass is 373 g/mol. The van der Waals surface area contributed by atoms with Crippen LogP contribution in [-0.4, -0.2) is 10.9 Å².